The van der Waals surface area contributed by atoms with E-state index in [2.05, 4.69) is 76.3 Å². The van der Waals surface area contributed by atoms with Gasteiger partial charge in [0.05, 0.1) is 0 Å². The number of carbonyl (C=O) groups is 2. The van der Waals surface area contributed by atoms with E-state index in [9.17, 15) is 9.59 Å². The number of anilines is 1. The van der Waals surface area contributed by atoms with Gasteiger partial charge in [0.15, 0.2) is 0 Å². The monoisotopic (exact) mass is 500 g/mol. The molecule has 0 bridgehead atoms. The Bertz CT molecular complexity index is 1380. The maximum absolute atomic E-state index is 13.4. The summed E-state index contributed by atoms with van der Waals surface area (Å²) in [5, 5.41) is 5.36. The van der Waals surface area contributed by atoms with E-state index < -0.39 is 6.04 Å². The van der Waals surface area contributed by atoms with Crippen LogP contribution in [0.3, 0.4) is 0 Å². The van der Waals surface area contributed by atoms with Crippen LogP contribution in [0.5, 0.6) is 0 Å². The summed E-state index contributed by atoms with van der Waals surface area (Å²) in [6, 6.07) is 24.7. The van der Waals surface area contributed by atoms with Crippen molar-refractivity contribution in [2.24, 2.45) is 0 Å². The van der Waals surface area contributed by atoms with Crippen LogP contribution in [-0.2, 0) is 16.1 Å². The number of nitrogens with zero attached hydrogens (tertiary/aromatic N) is 3. The van der Waals surface area contributed by atoms with Crippen molar-refractivity contribution in [3.05, 3.63) is 72.8 Å². The van der Waals surface area contributed by atoms with Gasteiger partial charge in [-0.25, -0.2) is 0 Å². The maximum Gasteiger partial charge on any atom is 0.246 e. The molecule has 1 unspecified atom stereocenters. The Morgan fingerprint density at radius 1 is 0.889 bits per heavy atom. The van der Waals surface area contributed by atoms with E-state index in [1.54, 1.807) is 11.8 Å². The van der Waals surface area contributed by atoms with Crippen LogP contribution in [0.2, 0.25) is 0 Å². The number of piperazine rings is 1. The predicted molar refractivity (Wildman–Crippen MR) is 149 cm³/mol. The number of hydrogen-bond acceptors (Lipinski definition) is 4. The van der Waals surface area contributed by atoms with Gasteiger partial charge < -0.3 is 19.7 Å². The fraction of sp³-hybridized carbons (Fsp3) is 0.310. The molecule has 6 nitrogen and oxygen atoms in total. The Balaban J connectivity index is 1.29. The Hall–Kier alpha value is -3.45. The number of carbonyl (C=O) groups excluding carboxylic acids is 2. The lowest BCUT2D eigenvalue weighted by Crippen LogP contribution is -2.55. The van der Waals surface area contributed by atoms with Crippen LogP contribution in [0, 0.1) is 0 Å². The van der Waals surface area contributed by atoms with E-state index in [-0.39, 0.29) is 11.8 Å². The van der Waals surface area contributed by atoms with E-state index in [4.69, 9.17) is 0 Å². The highest BCUT2D eigenvalue weighted by Crippen LogP contribution is 2.32. The first kappa shape index (κ1) is 24.3. The van der Waals surface area contributed by atoms with Crippen molar-refractivity contribution in [3.8, 4) is 0 Å². The van der Waals surface area contributed by atoms with Crippen molar-refractivity contribution in [2.75, 3.05) is 36.8 Å². The minimum atomic E-state index is -0.552. The highest BCUT2D eigenvalue weighted by atomic mass is 32.2. The summed E-state index contributed by atoms with van der Waals surface area (Å²) in [6.07, 6.45) is 0. The number of fused-ring (bicyclic) bond motifs is 3. The third kappa shape index (κ3) is 4.93. The van der Waals surface area contributed by atoms with E-state index in [0.29, 0.717) is 18.8 Å². The molecule has 36 heavy (non-hydrogen) atoms. The first-order valence-corrected chi connectivity index (χ1v) is 13.5. The van der Waals surface area contributed by atoms with Crippen LogP contribution < -0.4 is 10.2 Å². The lowest BCUT2D eigenvalue weighted by molar-refractivity contribution is -0.135. The summed E-state index contributed by atoms with van der Waals surface area (Å²) in [5.74, 6) is 0.308. The third-order valence-corrected chi connectivity index (χ3v) is 7.95. The summed E-state index contributed by atoms with van der Waals surface area (Å²) >= 11 is 1.62. The number of aromatic nitrogens is 1. The summed E-state index contributed by atoms with van der Waals surface area (Å²) in [5.41, 5.74) is 3.63. The second-order valence-electron chi connectivity index (χ2n) is 9.15. The molecule has 2 amide bonds. The highest BCUT2D eigenvalue weighted by molar-refractivity contribution is 7.99. The molecule has 7 heteroatoms. The fourth-order valence-electron chi connectivity index (χ4n) is 5.11. The molecule has 0 aliphatic carbocycles. The number of nitrogens with one attached hydrogen (secondary N) is 1. The fourth-order valence-corrected chi connectivity index (χ4v) is 6.06. The Morgan fingerprint density at radius 2 is 1.58 bits per heavy atom. The van der Waals surface area contributed by atoms with E-state index in [1.165, 1.54) is 34.4 Å². The molecule has 1 aliphatic rings. The molecule has 3 aromatic carbocycles. The molecule has 1 aromatic heterocycles. The molecular weight excluding hydrogens is 468 g/mol. The second kappa shape index (κ2) is 10.7. The topological polar surface area (TPSA) is 57.6 Å². The predicted octanol–water partition coefficient (Wildman–Crippen LogP) is 4.76. The van der Waals surface area contributed by atoms with Crippen molar-refractivity contribution >= 4 is 51.1 Å². The number of amides is 2. The van der Waals surface area contributed by atoms with Gasteiger partial charge in [0.1, 0.15) is 6.04 Å². The summed E-state index contributed by atoms with van der Waals surface area (Å²) < 4.78 is 2.33. The molecular formula is C29H32N4O2S. The first-order valence-electron chi connectivity index (χ1n) is 12.5. The zero-order valence-electron chi connectivity index (χ0n) is 20.8. The number of hydrogen-bond donors (Lipinski definition) is 1. The van der Waals surface area contributed by atoms with Gasteiger partial charge in [0.25, 0.3) is 0 Å². The number of para-hydroxylation sites is 2. The van der Waals surface area contributed by atoms with Crippen molar-refractivity contribution < 1.29 is 9.59 Å². The van der Waals surface area contributed by atoms with Crippen LogP contribution in [0.25, 0.3) is 21.8 Å². The molecule has 1 aliphatic heterocycles. The van der Waals surface area contributed by atoms with E-state index in [1.807, 2.05) is 23.1 Å². The average molecular weight is 501 g/mol. The lowest BCUT2D eigenvalue weighted by atomic mass is 10.1. The van der Waals surface area contributed by atoms with Crippen molar-refractivity contribution in [3.63, 3.8) is 0 Å². The molecule has 1 saturated heterocycles. The van der Waals surface area contributed by atoms with Gasteiger partial charge in [-0.1, -0.05) is 36.4 Å². The van der Waals surface area contributed by atoms with Crippen molar-refractivity contribution in [2.45, 2.75) is 31.3 Å². The minimum absolute atomic E-state index is 0.00549. The number of aryl methyl sites for hydroxylation is 1. The zero-order chi connectivity index (χ0) is 25.1. The molecule has 1 fully saturated rings. The van der Waals surface area contributed by atoms with Crippen LogP contribution in [0.1, 0.15) is 13.8 Å². The van der Waals surface area contributed by atoms with Gasteiger partial charge in [-0.15, -0.1) is 11.8 Å². The molecule has 1 N–H and O–H groups in total. The van der Waals surface area contributed by atoms with Crippen LogP contribution >= 0.6 is 11.8 Å². The molecule has 1 atom stereocenters. The van der Waals surface area contributed by atoms with E-state index >= 15 is 0 Å². The van der Waals surface area contributed by atoms with Crippen molar-refractivity contribution in [1.82, 2.24) is 14.8 Å². The summed E-state index contributed by atoms with van der Waals surface area (Å²) in [4.78, 5) is 30.6. The smallest absolute Gasteiger partial charge is 0.246 e. The van der Waals surface area contributed by atoms with Crippen LogP contribution in [0.4, 0.5) is 5.69 Å². The molecule has 0 saturated carbocycles. The van der Waals surface area contributed by atoms with Gasteiger partial charge in [0.2, 0.25) is 11.8 Å². The molecule has 0 radical (unpaired) electrons. The molecule has 4 aromatic rings. The Morgan fingerprint density at radius 3 is 2.31 bits per heavy atom. The van der Waals surface area contributed by atoms with Gasteiger partial charge in [-0.2, -0.15) is 0 Å². The zero-order valence-corrected chi connectivity index (χ0v) is 21.6. The van der Waals surface area contributed by atoms with Gasteiger partial charge in [0, 0.05) is 77.8 Å². The lowest BCUT2D eigenvalue weighted by Gasteiger charge is -2.37. The molecule has 2 heterocycles. The standard InChI is InChI=1S/C29H32N4O2S/c1-3-33-27-12-8-7-11-24(27)25-19-23(13-14-28(25)33)36-20-26(30-21(2)34)29(35)32-17-15-31(16-18-32)22-9-5-4-6-10-22/h4-14,19,26H,3,15-18,20H2,1-2H3,(H,30,34). The van der Waals surface area contributed by atoms with Crippen LogP contribution in [0.15, 0.2) is 77.7 Å². The SMILES string of the molecule is CCn1c2ccccc2c2cc(SCC(NC(C)=O)C(=O)N3CCN(c4ccccc4)CC3)ccc21. The number of thioether (sulfide) groups is 1. The quantitative estimate of drug-likeness (QED) is 0.372. The maximum atomic E-state index is 13.4. The van der Waals surface area contributed by atoms with Crippen molar-refractivity contribution in [1.29, 1.82) is 0 Å². The van der Waals surface area contributed by atoms with Crippen LogP contribution in [-0.4, -0.2) is 59.3 Å². The van der Waals surface area contributed by atoms with Gasteiger partial charge >= 0.3 is 0 Å². The largest absolute Gasteiger partial charge is 0.368 e. The summed E-state index contributed by atoms with van der Waals surface area (Å²) in [6.45, 7) is 7.42. The normalized spacial score (nSPS) is 14.8. The minimum Gasteiger partial charge on any atom is -0.368 e. The third-order valence-electron chi connectivity index (χ3n) is 6.86. The molecule has 0 spiro atoms. The number of benzene rings is 3. The van der Waals surface area contributed by atoms with Gasteiger partial charge in [-0.05, 0) is 43.3 Å². The average Bonchev–Trinajstić information content (AvgIpc) is 3.24. The highest BCUT2D eigenvalue weighted by Gasteiger charge is 2.28. The molecule has 186 valence electrons. The van der Waals surface area contributed by atoms with E-state index in [0.717, 1.165) is 24.5 Å². The second-order valence-corrected chi connectivity index (χ2v) is 10.2. The van der Waals surface area contributed by atoms with Gasteiger partial charge in [-0.3, -0.25) is 9.59 Å². The summed E-state index contributed by atoms with van der Waals surface area (Å²) in [7, 11) is 0. The number of rotatable bonds is 7. The molecule has 5 rings (SSSR count). The first-order chi connectivity index (χ1) is 17.5. The Labute approximate surface area is 216 Å². The Kier molecular flexibility index (Phi) is 7.18.